The number of rotatable bonds is 5. The van der Waals surface area contributed by atoms with Crippen LogP contribution in [0.3, 0.4) is 0 Å². The van der Waals surface area contributed by atoms with E-state index in [0.717, 1.165) is 0 Å². The summed E-state index contributed by atoms with van der Waals surface area (Å²) in [5.74, 6) is -3.17. The molecule has 2 atom stereocenters. The second kappa shape index (κ2) is 6.33. The van der Waals surface area contributed by atoms with Crippen LogP contribution in [-0.4, -0.2) is 34.9 Å². The summed E-state index contributed by atoms with van der Waals surface area (Å²) in [5, 5.41) is 18.8. The molecule has 20 heavy (non-hydrogen) atoms. The van der Waals surface area contributed by atoms with Crippen LogP contribution in [0.4, 0.5) is 4.39 Å². The summed E-state index contributed by atoms with van der Waals surface area (Å²) in [5.41, 5.74) is 5.51. The Hall–Kier alpha value is -2.15. The molecule has 0 fully saturated rings. The lowest BCUT2D eigenvalue weighted by atomic mass is 9.96. The standard InChI is InChI=1S/C13H16FNO5/c1-3-20-13(19)9(14)10(15)7-4-6(2)5-8(11(7)16)12(17)18/h4-5,9-10,16H,3,15H2,1-2H3,(H,17,18)/t9?,10-/m0/s1. The van der Waals surface area contributed by atoms with E-state index in [1.165, 1.54) is 19.1 Å². The third kappa shape index (κ3) is 3.24. The molecule has 0 heterocycles. The number of aromatic hydroxyl groups is 1. The Kier molecular flexibility index (Phi) is 5.04. The molecule has 0 aliphatic heterocycles. The number of aromatic carboxylic acids is 1. The number of hydrogen-bond acceptors (Lipinski definition) is 5. The van der Waals surface area contributed by atoms with Crippen molar-refractivity contribution in [1.82, 2.24) is 0 Å². The van der Waals surface area contributed by atoms with E-state index in [-0.39, 0.29) is 12.2 Å². The lowest BCUT2D eigenvalue weighted by Crippen LogP contribution is -2.31. The molecule has 0 saturated carbocycles. The Balaban J connectivity index is 3.19. The van der Waals surface area contributed by atoms with Gasteiger partial charge in [-0.1, -0.05) is 6.07 Å². The predicted octanol–water partition coefficient (Wildman–Crippen LogP) is 1.30. The quantitative estimate of drug-likeness (QED) is 0.703. The summed E-state index contributed by atoms with van der Waals surface area (Å²) in [4.78, 5) is 22.3. The number of alkyl halides is 1. The Bertz CT molecular complexity index is 532. The SMILES string of the molecule is CCOC(=O)C(F)[C@@H](N)c1cc(C)cc(C(=O)O)c1O. The molecule has 1 unspecified atom stereocenters. The normalized spacial score (nSPS) is 13.6. The minimum absolute atomic E-state index is 0.00779. The van der Waals surface area contributed by atoms with Crippen molar-refractivity contribution in [2.45, 2.75) is 26.1 Å². The third-order valence-electron chi connectivity index (χ3n) is 2.70. The topological polar surface area (TPSA) is 110 Å². The first-order chi connectivity index (χ1) is 9.29. The zero-order valence-electron chi connectivity index (χ0n) is 11.1. The van der Waals surface area contributed by atoms with Crippen molar-refractivity contribution in [3.63, 3.8) is 0 Å². The number of carbonyl (C=O) groups excluding carboxylic acids is 1. The van der Waals surface area contributed by atoms with Crippen molar-refractivity contribution in [2.75, 3.05) is 6.61 Å². The van der Waals surface area contributed by atoms with Crippen LogP contribution in [-0.2, 0) is 9.53 Å². The third-order valence-corrected chi connectivity index (χ3v) is 2.70. The first-order valence-electron chi connectivity index (χ1n) is 5.92. The van der Waals surface area contributed by atoms with Gasteiger partial charge in [0.25, 0.3) is 0 Å². The number of nitrogens with two attached hydrogens (primary N) is 1. The van der Waals surface area contributed by atoms with Crippen molar-refractivity contribution in [3.05, 3.63) is 28.8 Å². The fraction of sp³-hybridized carbons (Fsp3) is 0.385. The van der Waals surface area contributed by atoms with Gasteiger partial charge in [0.05, 0.1) is 12.6 Å². The average molecular weight is 285 g/mol. The second-order valence-corrected chi connectivity index (χ2v) is 4.24. The molecule has 0 aromatic heterocycles. The fourth-order valence-corrected chi connectivity index (χ4v) is 1.75. The molecular formula is C13H16FNO5. The highest BCUT2D eigenvalue weighted by Crippen LogP contribution is 2.31. The smallest absolute Gasteiger partial charge is 0.342 e. The maximum atomic E-state index is 13.8. The van der Waals surface area contributed by atoms with Gasteiger partial charge < -0.3 is 20.7 Å². The van der Waals surface area contributed by atoms with E-state index >= 15 is 0 Å². The molecule has 4 N–H and O–H groups in total. The van der Waals surface area contributed by atoms with E-state index in [0.29, 0.717) is 5.56 Å². The fourth-order valence-electron chi connectivity index (χ4n) is 1.75. The first-order valence-corrected chi connectivity index (χ1v) is 5.92. The van der Waals surface area contributed by atoms with Crippen molar-refractivity contribution in [2.24, 2.45) is 5.73 Å². The largest absolute Gasteiger partial charge is 0.507 e. The molecule has 0 saturated heterocycles. The van der Waals surface area contributed by atoms with E-state index < -0.39 is 35.5 Å². The number of ether oxygens (including phenoxy) is 1. The van der Waals surface area contributed by atoms with Crippen LogP contribution in [0, 0.1) is 6.92 Å². The monoisotopic (exact) mass is 285 g/mol. The van der Waals surface area contributed by atoms with E-state index in [4.69, 9.17) is 10.8 Å². The number of esters is 1. The van der Waals surface area contributed by atoms with Crippen LogP contribution in [0.15, 0.2) is 12.1 Å². The maximum Gasteiger partial charge on any atom is 0.342 e. The van der Waals surface area contributed by atoms with Gasteiger partial charge in [0.1, 0.15) is 11.3 Å². The summed E-state index contributed by atoms with van der Waals surface area (Å²) >= 11 is 0. The number of carboxylic acid groups (broad SMARTS) is 1. The van der Waals surface area contributed by atoms with Crippen molar-refractivity contribution >= 4 is 11.9 Å². The zero-order valence-corrected chi connectivity index (χ0v) is 11.1. The van der Waals surface area contributed by atoms with Crippen molar-refractivity contribution in [1.29, 1.82) is 0 Å². The van der Waals surface area contributed by atoms with Crippen LogP contribution >= 0.6 is 0 Å². The predicted molar refractivity (Wildman–Crippen MR) is 68.3 cm³/mol. The van der Waals surface area contributed by atoms with Crippen LogP contribution in [0.5, 0.6) is 5.75 Å². The van der Waals surface area contributed by atoms with Crippen molar-refractivity contribution in [3.8, 4) is 5.75 Å². The van der Waals surface area contributed by atoms with Gasteiger partial charge in [-0.05, 0) is 25.5 Å². The maximum absolute atomic E-state index is 13.8. The summed E-state index contributed by atoms with van der Waals surface area (Å²) < 4.78 is 18.4. The molecule has 0 radical (unpaired) electrons. The Morgan fingerprint density at radius 3 is 2.55 bits per heavy atom. The van der Waals surface area contributed by atoms with Gasteiger partial charge >= 0.3 is 11.9 Å². The number of carbonyl (C=O) groups is 2. The molecule has 0 aliphatic rings. The minimum Gasteiger partial charge on any atom is -0.507 e. The van der Waals surface area contributed by atoms with Gasteiger partial charge in [0.15, 0.2) is 0 Å². The summed E-state index contributed by atoms with van der Waals surface area (Å²) in [7, 11) is 0. The molecule has 0 bridgehead atoms. The number of carboxylic acids is 1. The summed E-state index contributed by atoms with van der Waals surface area (Å²) in [6.45, 7) is 3.08. The van der Waals surface area contributed by atoms with Gasteiger partial charge in [-0.3, -0.25) is 0 Å². The van der Waals surface area contributed by atoms with Gasteiger partial charge in [0, 0.05) is 5.56 Å². The summed E-state index contributed by atoms with van der Waals surface area (Å²) in [6.07, 6.45) is -2.19. The zero-order chi connectivity index (χ0) is 15.4. The lowest BCUT2D eigenvalue weighted by molar-refractivity contribution is -0.149. The molecule has 0 spiro atoms. The van der Waals surface area contributed by atoms with Crippen molar-refractivity contribution < 1.29 is 28.9 Å². The molecular weight excluding hydrogens is 269 g/mol. The highest BCUT2D eigenvalue weighted by atomic mass is 19.1. The van der Waals surface area contributed by atoms with Crippen LogP contribution in [0.2, 0.25) is 0 Å². The Morgan fingerprint density at radius 2 is 2.05 bits per heavy atom. The summed E-state index contributed by atoms with van der Waals surface area (Å²) in [6, 6.07) is 1.05. The molecule has 110 valence electrons. The number of halogens is 1. The van der Waals surface area contributed by atoms with E-state index in [1.54, 1.807) is 6.92 Å². The molecule has 7 heteroatoms. The van der Waals surface area contributed by atoms with E-state index in [2.05, 4.69) is 4.74 Å². The van der Waals surface area contributed by atoms with Gasteiger partial charge in [-0.25, -0.2) is 14.0 Å². The number of aryl methyl sites for hydroxylation is 1. The molecule has 1 aromatic carbocycles. The highest BCUT2D eigenvalue weighted by Gasteiger charge is 2.31. The van der Waals surface area contributed by atoms with E-state index in [9.17, 15) is 19.1 Å². The van der Waals surface area contributed by atoms with Gasteiger partial charge in [-0.2, -0.15) is 0 Å². The van der Waals surface area contributed by atoms with Crippen LogP contribution in [0.25, 0.3) is 0 Å². The molecule has 0 aliphatic carbocycles. The number of hydrogen-bond donors (Lipinski definition) is 3. The molecule has 1 aromatic rings. The molecule has 1 rings (SSSR count). The Morgan fingerprint density at radius 1 is 1.45 bits per heavy atom. The molecule has 0 amide bonds. The minimum atomic E-state index is -2.19. The Labute approximate surface area is 115 Å². The van der Waals surface area contributed by atoms with Crippen LogP contribution < -0.4 is 5.73 Å². The number of benzene rings is 1. The van der Waals surface area contributed by atoms with E-state index in [1.807, 2.05) is 0 Å². The average Bonchev–Trinajstić information content (AvgIpc) is 2.39. The van der Waals surface area contributed by atoms with Gasteiger partial charge in [0.2, 0.25) is 6.17 Å². The van der Waals surface area contributed by atoms with Gasteiger partial charge in [-0.15, -0.1) is 0 Å². The first kappa shape index (κ1) is 15.9. The van der Waals surface area contributed by atoms with Crippen LogP contribution in [0.1, 0.15) is 34.5 Å². The highest BCUT2D eigenvalue weighted by molar-refractivity contribution is 5.91. The second-order valence-electron chi connectivity index (χ2n) is 4.24. The number of phenols is 1. The lowest BCUT2D eigenvalue weighted by Gasteiger charge is -2.18. The molecule has 6 nitrogen and oxygen atoms in total.